The molecular formula is C19H22N2O5. The molecule has 138 valence electrons. The molecule has 26 heavy (non-hydrogen) atoms. The number of likely N-dealkylation sites (tertiary alicyclic amines) is 1. The van der Waals surface area contributed by atoms with Gasteiger partial charge >= 0.3 is 5.63 Å². The number of carbonyl (C=O) groups excluding carboxylic acids is 2. The summed E-state index contributed by atoms with van der Waals surface area (Å²) < 4.78 is 10.8. The molecule has 1 aliphatic rings. The van der Waals surface area contributed by atoms with Gasteiger partial charge in [0, 0.05) is 24.1 Å². The number of hydrogen-bond acceptors (Lipinski definition) is 5. The Labute approximate surface area is 150 Å². The number of amides is 2. The lowest BCUT2D eigenvalue weighted by atomic mass is 10.1. The molecular weight excluding hydrogens is 336 g/mol. The smallest absolute Gasteiger partial charge is 0.336 e. The highest BCUT2D eigenvalue weighted by Gasteiger charge is 2.32. The predicted molar refractivity (Wildman–Crippen MR) is 95.9 cm³/mol. The lowest BCUT2D eigenvalue weighted by Crippen LogP contribution is -2.45. The van der Waals surface area contributed by atoms with Gasteiger partial charge in [0.15, 0.2) is 6.61 Å². The van der Waals surface area contributed by atoms with Gasteiger partial charge in [-0.1, -0.05) is 13.3 Å². The maximum atomic E-state index is 12.3. The molecule has 7 nitrogen and oxygen atoms in total. The summed E-state index contributed by atoms with van der Waals surface area (Å²) in [6.45, 7) is 2.35. The summed E-state index contributed by atoms with van der Waals surface area (Å²) >= 11 is 0. The third-order valence-electron chi connectivity index (χ3n) is 4.58. The average molecular weight is 358 g/mol. The van der Waals surface area contributed by atoms with Crippen molar-refractivity contribution >= 4 is 22.8 Å². The minimum atomic E-state index is -0.558. The molecule has 2 N–H and O–H groups in total. The third kappa shape index (κ3) is 3.71. The van der Waals surface area contributed by atoms with Crippen LogP contribution in [0.1, 0.15) is 31.7 Å². The van der Waals surface area contributed by atoms with E-state index in [0.29, 0.717) is 24.3 Å². The number of rotatable bonds is 6. The van der Waals surface area contributed by atoms with E-state index in [9.17, 15) is 14.4 Å². The van der Waals surface area contributed by atoms with Crippen molar-refractivity contribution in [2.45, 2.75) is 38.6 Å². The Morgan fingerprint density at radius 3 is 2.88 bits per heavy atom. The number of nitrogens with zero attached hydrogens (tertiary/aromatic N) is 1. The van der Waals surface area contributed by atoms with Gasteiger partial charge in [-0.25, -0.2) is 4.79 Å². The fourth-order valence-corrected chi connectivity index (χ4v) is 3.37. The van der Waals surface area contributed by atoms with Crippen LogP contribution in [0.4, 0.5) is 0 Å². The maximum Gasteiger partial charge on any atom is 0.336 e. The van der Waals surface area contributed by atoms with Crippen molar-refractivity contribution in [2.24, 2.45) is 5.73 Å². The number of primary amides is 1. The Morgan fingerprint density at radius 2 is 2.15 bits per heavy atom. The molecule has 1 aromatic carbocycles. The van der Waals surface area contributed by atoms with Gasteiger partial charge in [-0.15, -0.1) is 0 Å². The van der Waals surface area contributed by atoms with Crippen molar-refractivity contribution < 1.29 is 18.7 Å². The zero-order valence-electron chi connectivity index (χ0n) is 14.7. The van der Waals surface area contributed by atoms with E-state index in [4.69, 9.17) is 14.9 Å². The van der Waals surface area contributed by atoms with Crippen LogP contribution in [0.5, 0.6) is 5.75 Å². The summed E-state index contributed by atoms with van der Waals surface area (Å²) in [5, 5.41) is 0.860. The van der Waals surface area contributed by atoms with Crippen molar-refractivity contribution in [2.75, 3.05) is 13.2 Å². The van der Waals surface area contributed by atoms with Crippen LogP contribution >= 0.6 is 0 Å². The highest BCUT2D eigenvalue weighted by molar-refractivity contribution is 5.88. The Bertz CT molecular complexity index is 889. The van der Waals surface area contributed by atoms with Gasteiger partial charge in [0.2, 0.25) is 5.91 Å². The number of fused-ring (bicyclic) bond motifs is 1. The van der Waals surface area contributed by atoms with E-state index < -0.39 is 17.6 Å². The van der Waals surface area contributed by atoms with Gasteiger partial charge in [0.25, 0.3) is 5.91 Å². The van der Waals surface area contributed by atoms with E-state index in [2.05, 4.69) is 0 Å². The van der Waals surface area contributed by atoms with E-state index in [1.165, 1.54) is 11.0 Å². The number of hydrogen-bond donors (Lipinski definition) is 1. The summed E-state index contributed by atoms with van der Waals surface area (Å²) in [6, 6.07) is 6.12. The predicted octanol–water partition coefficient (Wildman–Crippen LogP) is 1.60. The highest BCUT2D eigenvalue weighted by Crippen LogP contribution is 2.24. The number of benzene rings is 1. The second-order valence-electron chi connectivity index (χ2n) is 6.43. The van der Waals surface area contributed by atoms with Crippen LogP contribution in [0.3, 0.4) is 0 Å². The Hall–Kier alpha value is -2.83. The first-order valence-electron chi connectivity index (χ1n) is 8.78. The summed E-state index contributed by atoms with van der Waals surface area (Å²) in [7, 11) is 0. The number of ether oxygens (including phenoxy) is 1. The van der Waals surface area contributed by atoms with Crippen LogP contribution < -0.4 is 16.1 Å². The van der Waals surface area contributed by atoms with Gasteiger partial charge in [0.05, 0.1) is 0 Å². The van der Waals surface area contributed by atoms with Crippen molar-refractivity contribution in [1.82, 2.24) is 4.90 Å². The van der Waals surface area contributed by atoms with Gasteiger partial charge in [-0.3, -0.25) is 9.59 Å². The molecule has 0 spiro atoms. The van der Waals surface area contributed by atoms with E-state index in [-0.39, 0.29) is 12.5 Å². The van der Waals surface area contributed by atoms with E-state index in [0.717, 1.165) is 30.2 Å². The summed E-state index contributed by atoms with van der Waals surface area (Å²) in [6.07, 6.45) is 3.04. The van der Waals surface area contributed by atoms with E-state index in [1.807, 2.05) is 13.0 Å². The van der Waals surface area contributed by atoms with Crippen LogP contribution in [0.2, 0.25) is 0 Å². The third-order valence-corrected chi connectivity index (χ3v) is 4.58. The van der Waals surface area contributed by atoms with Crippen LogP contribution in [0.25, 0.3) is 11.0 Å². The van der Waals surface area contributed by atoms with Gasteiger partial charge in [0.1, 0.15) is 17.4 Å². The molecule has 1 atom stereocenters. The fourth-order valence-electron chi connectivity index (χ4n) is 3.37. The molecule has 0 radical (unpaired) electrons. The molecule has 1 saturated heterocycles. The Kier molecular flexibility index (Phi) is 5.25. The largest absolute Gasteiger partial charge is 0.484 e. The summed E-state index contributed by atoms with van der Waals surface area (Å²) in [5.41, 5.74) is 6.29. The van der Waals surface area contributed by atoms with Crippen molar-refractivity contribution in [3.8, 4) is 5.75 Å². The molecule has 1 aromatic heterocycles. The molecule has 2 amide bonds. The fraction of sp³-hybridized carbons (Fsp3) is 0.421. The molecule has 1 aliphatic heterocycles. The second-order valence-corrected chi connectivity index (χ2v) is 6.43. The molecule has 0 aliphatic carbocycles. The topological polar surface area (TPSA) is 103 Å². The summed E-state index contributed by atoms with van der Waals surface area (Å²) in [4.78, 5) is 36.9. The lowest BCUT2D eigenvalue weighted by Gasteiger charge is -2.22. The van der Waals surface area contributed by atoms with Gasteiger partial charge < -0.3 is 19.8 Å². The number of aryl methyl sites for hydroxylation is 1. The van der Waals surface area contributed by atoms with Crippen LogP contribution in [-0.4, -0.2) is 35.9 Å². The zero-order valence-corrected chi connectivity index (χ0v) is 14.7. The molecule has 1 fully saturated rings. The molecule has 2 heterocycles. The van der Waals surface area contributed by atoms with Crippen molar-refractivity contribution in [3.63, 3.8) is 0 Å². The molecule has 0 unspecified atom stereocenters. The molecule has 7 heteroatoms. The monoisotopic (exact) mass is 358 g/mol. The normalized spacial score (nSPS) is 16.8. The molecule has 2 aromatic rings. The molecule has 0 saturated carbocycles. The summed E-state index contributed by atoms with van der Waals surface area (Å²) in [5.74, 6) is -0.350. The van der Waals surface area contributed by atoms with Crippen molar-refractivity contribution in [3.05, 3.63) is 40.2 Å². The van der Waals surface area contributed by atoms with Crippen LogP contribution in [0.15, 0.2) is 33.5 Å². The van der Waals surface area contributed by atoms with Gasteiger partial charge in [-0.2, -0.15) is 0 Å². The molecule has 0 bridgehead atoms. The highest BCUT2D eigenvalue weighted by atomic mass is 16.5. The van der Waals surface area contributed by atoms with Crippen LogP contribution in [0, 0.1) is 0 Å². The standard InChI is InChI=1S/C19H22N2O5/c1-2-4-12-9-18(23)26-16-10-13(6-7-14(12)16)25-11-17(22)21-8-3-5-15(21)19(20)24/h6-7,9-10,15H,2-5,8,11H2,1H3,(H2,20,24)/t15-/m0/s1. The van der Waals surface area contributed by atoms with Gasteiger partial charge in [-0.05, 0) is 37.0 Å². The van der Waals surface area contributed by atoms with Crippen LogP contribution in [-0.2, 0) is 16.0 Å². The minimum Gasteiger partial charge on any atom is -0.484 e. The lowest BCUT2D eigenvalue weighted by molar-refractivity contribution is -0.138. The second kappa shape index (κ2) is 7.59. The Morgan fingerprint density at radius 1 is 1.35 bits per heavy atom. The first kappa shape index (κ1) is 18.0. The number of nitrogens with two attached hydrogens (primary N) is 1. The first-order valence-corrected chi connectivity index (χ1v) is 8.78. The SMILES string of the molecule is CCCc1cc(=O)oc2cc(OCC(=O)N3CCC[C@H]3C(N)=O)ccc12. The number of carbonyl (C=O) groups is 2. The quantitative estimate of drug-likeness (QED) is 0.790. The average Bonchev–Trinajstić information content (AvgIpc) is 3.09. The minimum absolute atomic E-state index is 0.200. The first-order chi connectivity index (χ1) is 12.5. The molecule has 3 rings (SSSR count). The van der Waals surface area contributed by atoms with Crippen molar-refractivity contribution in [1.29, 1.82) is 0 Å². The van der Waals surface area contributed by atoms with E-state index in [1.54, 1.807) is 12.1 Å². The maximum absolute atomic E-state index is 12.3. The van der Waals surface area contributed by atoms with E-state index >= 15 is 0 Å². The Balaban J connectivity index is 1.74. The zero-order chi connectivity index (χ0) is 18.7.